The molecule has 0 unspecified atom stereocenters. The fourth-order valence-corrected chi connectivity index (χ4v) is 3.29. The Morgan fingerprint density at radius 3 is 2.77 bits per heavy atom. The number of aromatic hydroxyl groups is 1. The molecule has 0 saturated heterocycles. The molecule has 31 heavy (non-hydrogen) atoms. The number of nitro groups is 1. The zero-order valence-electron chi connectivity index (χ0n) is 16.6. The lowest BCUT2D eigenvalue weighted by Gasteiger charge is -2.06. The molecule has 1 heterocycles. The number of hydrazone groups is 1. The van der Waals surface area contributed by atoms with Crippen LogP contribution in [0.1, 0.15) is 5.56 Å². The summed E-state index contributed by atoms with van der Waals surface area (Å²) in [6.07, 6.45) is 1.10. The highest BCUT2D eigenvalue weighted by atomic mass is 32.2. The molecule has 0 aliphatic carbocycles. The molecule has 1 aromatic heterocycles. The second kappa shape index (κ2) is 9.71. The molecular weight excluding hydrogens is 424 g/mol. The standard InChI is InChI=1S/C19H18N6O5S/c1-24-18(12-6-4-3-5-7-12)22-23-19(24)31-11-16(26)21-20-10-13-8-14(25(28)29)9-15(30-2)17(13)27/h3-10,27H,11H2,1-2H3,(H,21,26)/b20-10-. The minimum absolute atomic E-state index is 0.0162. The molecule has 3 aromatic rings. The molecule has 12 heteroatoms. The van der Waals surface area contributed by atoms with E-state index in [-0.39, 0.29) is 28.5 Å². The average Bonchev–Trinajstić information content (AvgIpc) is 3.14. The first-order chi connectivity index (χ1) is 14.9. The van der Waals surface area contributed by atoms with Crippen LogP contribution >= 0.6 is 11.8 Å². The van der Waals surface area contributed by atoms with Crippen molar-refractivity contribution in [2.75, 3.05) is 12.9 Å². The number of nitrogens with one attached hydrogen (secondary N) is 1. The van der Waals surface area contributed by atoms with Gasteiger partial charge in [-0.1, -0.05) is 42.1 Å². The van der Waals surface area contributed by atoms with Crippen LogP contribution in [0.15, 0.2) is 52.7 Å². The van der Waals surface area contributed by atoms with E-state index in [2.05, 4.69) is 20.7 Å². The first kappa shape index (κ1) is 21.8. The summed E-state index contributed by atoms with van der Waals surface area (Å²) >= 11 is 1.18. The van der Waals surface area contributed by atoms with Crippen molar-refractivity contribution in [1.82, 2.24) is 20.2 Å². The predicted octanol–water partition coefficient (Wildman–Crippen LogP) is 2.35. The highest BCUT2D eigenvalue weighted by molar-refractivity contribution is 7.99. The lowest BCUT2D eigenvalue weighted by Crippen LogP contribution is -2.20. The molecule has 0 atom stereocenters. The van der Waals surface area contributed by atoms with E-state index in [1.165, 1.54) is 18.9 Å². The van der Waals surface area contributed by atoms with E-state index in [4.69, 9.17) is 4.74 Å². The van der Waals surface area contributed by atoms with Gasteiger partial charge in [-0.05, 0) is 0 Å². The number of amides is 1. The maximum atomic E-state index is 12.1. The van der Waals surface area contributed by atoms with Crippen molar-refractivity contribution in [1.29, 1.82) is 0 Å². The number of carbonyl (C=O) groups excluding carboxylic acids is 1. The van der Waals surface area contributed by atoms with Crippen molar-refractivity contribution in [3.63, 3.8) is 0 Å². The van der Waals surface area contributed by atoms with Gasteiger partial charge in [0.05, 0.1) is 30.1 Å². The van der Waals surface area contributed by atoms with Crippen LogP contribution in [0.5, 0.6) is 11.5 Å². The first-order valence-electron chi connectivity index (χ1n) is 8.85. The smallest absolute Gasteiger partial charge is 0.274 e. The number of nitro benzene ring substituents is 1. The van der Waals surface area contributed by atoms with Crippen LogP contribution in [0, 0.1) is 10.1 Å². The number of thioether (sulfide) groups is 1. The number of aromatic nitrogens is 3. The number of hydrogen-bond donors (Lipinski definition) is 2. The third kappa shape index (κ3) is 5.17. The number of rotatable bonds is 8. The molecule has 11 nitrogen and oxygen atoms in total. The van der Waals surface area contributed by atoms with Gasteiger partial charge in [0.1, 0.15) is 0 Å². The summed E-state index contributed by atoms with van der Waals surface area (Å²) in [4.78, 5) is 22.4. The molecule has 0 aliphatic rings. The van der Waals surface area contributed by atoms with Gasteiger partial charge in [0.25, 0.3) is 11.6 Å². The van der Waals surface area contributed by atoms with Crippen molar-refractivity contribution in [3.8, 4) is 22.9 Å². The van der Waals surface area contributed by atoms with Gasteiger partial charge >= 0.3 is 0 Å². The molecule has 0 aliphatic heterocycles. The molecule has 0 radical (unpaired) electrons. The minimum Gasteiger partial charge on any atom is -0.504 e. The second-order valence-corrected chi connectivity index (χ2v) is 7.10. The molecule has 0 spiro atoms. The van der Waals surface area contributed by atoms with Crippen molar-refractivity contribution >= 4 is 29.6 Å². The van der Waals surface area contributed by atoms with Gasteiger partial charge in [-0.15, -0.1) is 10.2 Å². The summed E-state index contributed by atoms with van der Waals surface area (Å²) in [5.41, 5.74) is 2.96. The van der Waals surface area contributed by atoms with Crippen molar-refractivity contribution in [2.45, 2.75) is 5.16 Å². The Balaban J connectivity index is 1.61. The number of hydrogen-bond acceptors (Lipinski definition) is 9. The summed E-state index contributed by atoms with van der Waals surface area (Å²) < 4.78 is 6.70. The van der Waals surface area contributed by atoms with E-state index >= 15 is 0 Å². The molecule has 0 fully saturated rings. The fourth-order valence-electron chi connectivity index (χ4n) is 2.59. The highest BCUT2D eigenvalue weighted by Gasteiger charge is 2.16. The number of nitrogens with zero attached hydrogens (tertiary/aromatic N) is 5. The molecule has 2 aromatic carbocycles. The number of carbonyl (C=O) groups is 1. The van der Waals surface area contributed by atoms with Crippen molar-refractivity contribution < 1.29 is 19.6 Å². The number of phenols is 1. The zero-order valence-corrected chi connectivity index (χ0v) is 17.4. The van der Waals surface area contributed by atoms with Gasteiger partial charge in [-0.3, -0.25) is 14.9 Å². The fraction of sp³-hybridized carbons (Fsp3) is 0.158. The number of ether oxygens (including phenoxy) is 1. The van der Waals surface area contributed by atoms with E-state index < -0.39 is 10.8 Å². The average molecular weight is 442 g/mol. The van der Waals surface area contributed by atoms with Crippen LogP contribution < -0.4 is 10.2 Å². The number of phenolic OH excluding ortho intramolecular Hbond substituents is 1. The van der Waals surface area contributed by atoms with E-state index in [1.807, 2.05) is 30.3 Å². The monoisotopic (exact) mass is 442 g/mol. The largest absolute Gasteiger partial charge is 0.504 e. The molecule has 3 rings (SSSR count). The minimum atomic E-state index is -0.626. The molecule has 0 bridgehead atoms. The van der Waals surface area contributed by atoms with Crippen LogP contribution in [0.4, 0.5) is 5.69 Å². The zero-order chi connectivity index (χ0) is 22.4. The van der Waals surface area contributed by atoms with Gasteiger partial charge in [-0.25, -0.2) is 5.43 Å². The molecular formula is C19H18N6O5S. The van der Waals surface area contributed by atoms with Crippen LogP contribution in [-0.4, -0.2) is 49.8 Å². The Kier molecular flexibility index (Phi) is 6.82. The third-order valence-electron chi connectivity index (χ3n) is 4.11. The maximum Gasteiger partial charge on any atom is 0.274 e. The first-order valence-corrected chi connectivity index (χ1v) is 9.84. The summed E-state index contributed by atoms with van der Waals surface area (Å²) in [7, 11) is 3.08. The van der Waals surface area contributed by atoms with E-state index in [9.17, 15) is 20.0 Å². The maximum absolute atomic E-state index is 12.1. The molecule has 0 saturated carbocycles. The Bertz CT molecular complexity index is 1130. The highest BCUT2D eigenvalue weighted by Crippen LogP contribution is 2.33. The van der Waals surface area contributed by atoms with Gasteiger partial charge in [0.2, 0.25) is 0 Å². The van der Waals surface area contributed by atoms with Gasteiger partial charge in [0, 0.05) is 24.2 Å². The summed E-state index contributed by atoms with van der Waals surface area (Å²) in [5.74, 6) is -0.136. The second-order valence-electron chi connectivity index (χ2n) is 6.16. The van der Waals surface area contributed by atoms with Crippen LogP contribution in [0.3, 0.4) is 0 Å². The number of non-ortho nitro benzene ring substituents is 1. The lowest BCUT2D eigenvalue weighted by atomic mass is 10.2. The van der Waals surface area contributed by atoms with Gasteiger partial charge in [-0.2, -0.15) is 5.10 Å². The quantitative estimate of drug-likeness (QED) is 0.234. The Morgan fingerprint density at radius 2 is 2.10 bits per heavy atom. The van der Waals surface area contributed by atoms with Crippen LogP contribution in [0.25, 0.3) is 11.4 Å². The molecule has 160 valence electrons. The van der Waals surface area contributed by atoms with Crippen LogP contribution in [0.2, 0.25) is 0 Å². The van der Waals surface area contributed by atoms with E-state index in [0.29, 0.717) is 11.0 Å². The summed E-state index contributed by atoms with van der Waals surface area (Å²) in [5, 5.41) is 33.6. The summed E-state index contributed by atoms with van der Waals surface area (Å²) in [6.45, 7) is 0. The predicted molar refractivity (Wildman–Crippen MR) is 114 cm³/mol. The van der Waals surface area contributed by atoms with Gasteiger partial charge in [0.15, 0.2) is 22.5 Å². The third-order valence-corrected chi connectivity index (χ3v) is 5.13. The Labute approximate surface area is 180 Å². The number of benzene rings is 2. The van der Waals surface area contributed by atoms with E-state index in [1.54, 1.807) is 11.6 Å². The SMILES string of the molecule is COc1cc([N+](=O)[O-])cc(/C=N\NC(=O)CSc2nnc(-c3ccccc3)n2C)c1O. The normalized spacial score (nSPS) is 10.9. The van der Waals surface area contributed by atoms with Crippen LogP contribution in [-0.2, 0) is 11.8 Å². The number of methoxy groups -OCH3 is 1. The Hall–Kier alpha value is -3.93. The lowest BCUT2D eigenvalue weighted by molar-refractivity contribution is -0.385. The summed E-state index contributed by atoms with van der Waals surface area (Å²) in [6, 6.07) is 11.7. The van der Waals surface area contributed by atoms with Crippen molar-refractivity contribution in [3.05, 3.63) is 58.1 Å². The topological polar surface area (TPSA) is 145 Å². The van der Waals surface area contributed by atoms with Gasteiger partial charge < -0.3 is 14.4 Å². The Morgan fingerprint density at radius 1 is 1.35 bits per heavy atom. The molecule has 1 amide bonds. The van der Waals surface area contributed by atoms with E-state index in [0.717, 1.165) is 23.9 Å². The van der Waals surface area contributed by atoms with Crippen molar-refractivity contribution in [2.24, 2.45) is 12.1 Å². The molecule has 2 N–H and O–H groups in total.